The van der Waals surface area contributed by atoms with Crippen molar-refractivity contribution in [2.45, 2.75) is 47.1 Å². The summed E-state index contributed by atoms with van der Waals surface area (Å²) in [4.78, 5) is 10.6. The quantitative estimate of drug-likeness (QED) is 0.576. The summed E-state index contributed by atoms with van der Waals surface area (Å²) in [7, 11) is 0. The molecule has 0 aromatic heterocycles. The first-order valence-electron chi connectivity index (χ1n) is 7.32. The maximum Gasteiger partial charge on any atom is 0.216 e. The number of hydrogen-bond donors (Lipinski definition) is 3. The molecule has 0 radical (unpaired) electrons. The molecule has 5 heteroatoms. The lowest BCUT2D eigenvalue weighted by molar-refractivity contribution is -0.118. The van der Waals surface area contributed by atoms with Crippen LogP contribution in [-0.4, -0.2) is 30.3 Å². The average molecular weight is 298 g/mol. The Bertz CT molecular complexity index is 366. The number of rotatable bonds is 5. The normalized spacial score (nSPS) is 8.90. The van der Waals surface area contributed by atoms with Crippen molar-refractivity contribution >= 4 is 11.6 Å². The fourth-order valence-corrected chi connectivity index (χ4v) is 1.13. The number of carbonyl (C=O) groups excluding carboxylic acids is 1. The molecule has 0 atom stereocenters. The van der Waals surface area contributed by atoms with Gasteiger partial charge in [-0.25, -0.2) is 0 Å². The number of aliphatic hydroxyl groups excluding tert-OH is 1. The molecular formula is C16H30N2O3. The Morgan fingerprint density at radius 1 is 1.38 bits per heavy atom. The number of hydrogen-bond acceptors (Lipinski definition) is 4. The molecule has 1 aromatic rings. The van der Waals surface area contributed by atoms with Gasteiger partial charge in [0.15, 0.2) is 0 Å². The van der Waals surface area contributed by atoms with Crippen LogP contribution in [0.25, 0.3) is 0 Å². The summed E-state index contributed by atoms with van der Waals surface area (Å²) >= 11 is 0. The summed E-state index contributed by atoms with van der Waals surface area (Å²) in [6.07, 6.45) is 0.619. The molecule has 122 valence electrons. The van der Waals surface area contributed by atoms with Gasteiger partial charge in [-0.3, -0.25) is 4.79 Å². The Morgan fingerprint density at radius 3 is 2.43 bits per heavy atom. The highest BCUT2D eigenvalue weighted by Crippen LogP contribution is 2.14. The Balaban J connectivity index is 0. The molecular weight excluding hydrogens is 268 g/mol. The molecule has 0 aliphatic rings. The van der Waals surface area contributed by atoms with Crippen molar-refractivity contribution in [3.05, 3.63) is 24.3 Å². The standard InChI is InChI=1S/C11H16N2O2.C3H8O.C2H6/c1-9(14)13-6-3-7-15-11-5-2-4-10(12)8-11;1-3(2)4;1-2/h2,4-5,8H,3,6-7,12H2,1H3,(H,13,14);3-4H,1-2H3;1-2H3. The molecule has 0 fully saturated rings. The zero-order valence-corrected chi connectivity index (χ0v) is 13.8. The highest BCUT2D eigenvalue weighted by Gasteiger charge is 1.94. The molecule has 0 unspecified atom stereocenters. The number of nitrogen functional groups attached to an aromatic ring is 1. The predicted octanol–water partition coefficient (Wildman–Crippen LogP) is 2.59. The van der Waals surface area contributed by atoms with E-state index >= 15 is 0 Å². The van der Waals surface area contributed by atoms with Gasteiger partial charge in [-0.1, -0.05) is 19.9 Å². The number of aliphatic hydroxyl groups is 1. The monoisotopic (exact) mass is 298 g/mol. The van der Waals surface area contributed by atoms with Crippen LogP contribution in [0.2, 0.25) is 0 Å². The third-order valence-corrected chi connectivity index (χ3v) is 1.82. The third kappa shape index (κ3) is 18.2. The summed E-state index contributed by atoms with van der Waals surface area (Å²) in [6.45, 7) is 10.2. The molecule has 4 N–H and O–H groups in total. The van der Waals surface area contributed by atoms with Crippen LogP contribution in [0.15, 0.2) is 24.3 Å². The van der Waals surface area contributed by atoms with Crippen molar-refractivity contribution in [1.82, 2.24) is 5.32 Å². The van der Waals surface area contributed by atoms with Crippen LogP contribution in [0.5, 0.6) is 5.75 Å². The molecule has 1 aromatic carbocycles. The zero-order chi connectivity index (χ0) is 16.7. The Kier molecular flexibility index (Phi) is 15.0. The Morgan fingerprint density at radius 2 is 1.95 bits per heavy atom. The lowest BCUT2D eigenvalue weighted by Gasteiger charge is -2.06. The lowest BCUT2D eigenvalue weighted by atomic mass is 10.3. The summed E-state index contributed by atoms with van der Waals surface area (Å²) in [5.74, 6) is 0.747. The van der Waals surface area contributed by atoms with Crippen molar-refractivity contribution in [3.63, 3.8) is 0 Å². The molecule has 5 nitrogen and oxygen atoms in total. The number of benzene rings is 1. The Hall–Kier alpha value is -1.75. The van der Waals surface area contributed by atoms with Gasteiger partial charge in [0.2, 0.25) is 5.91 Å². The molecule has 1 amide bonds. The second-order valence-corrected chi connectivity index (χ2v) is 4.35. The zero-order valence-electron chi connectivity index (χ0n) is 13.8. The SMILES string of the molecule is CC.CC(=O)NCCCOc1cccc(N)c1.CC(C)O. The van der Waals surface area contributed by atoms with Crippen molar-refractivity contribution in [2.75, 3.05) is 18.9 Å². The largest absolute Gasteiger partial charge is 0.493 e. The molecule has 0 saturated heterocycles. The smallest absolute Gasteiger partial charge is 0.216 e. The van der Waals surface area contributed by atoms with Gasteiger partial charge in [0.1, 0.15) is 5.75 Å². The number of amides is 1. The minimum absolute atomic E-state index is 0.0149. The van der Waals surface area contributed by atoms with Gasteiger partial charge in [-0.2, -0.15) is 0 Å². The highest BCUT2D eigenvalue weighted by molar-refractivity contribution is 5.72. The minimum atomic E-state index is -0.167. The molecule has 1 rings (SSSR count). The number of ether oxygens (including phenoxy) is 1. The summed E-state index contributed by atoms with van der Waals surface area (Å²) < 4.78 is 5.44. The fourth-order valence-electron chi connectivity index (χ4n) is 1.13. The van der Waals surface area contributed by atoms with Crippen LogP contribution in [0.3, 0.4) is 0 Å². The molecule has 0 saturated carbocycles. The summed E-state index contributed by atoms with van der Waals surface area (Å²) in [6, 6.07) is 7.29. The maximum atomic E-state index is 10.6. The molecule has 0 heterocycles. The van der Waals surface area contributed by atoms with Crippen LogP contribution in [0.4, 0.5) is 5.69 Å². The van der Waals surface area contributed by atoms with Gasteiger partial charge >= 0.3 is 0 Å². The van der Waals surface area contributed by atoms with E-state index in [2.05, 4.69) is 5.32 Å². The molecule has 0 spiro atoms. The molecule has 0 aliphatic heterocycles. The van der Waals surface area contributed by atoms with Crippen LogP contribution in [-0.2, 0) is 4.79 Å². The van der Waals surface area contributed by atoms with E-state index in [0.29, 0.717) is 18.8 Å². The van der Waals surface area contributed by atoms with E-state index < -0.39 is 0 Å². The van der Waals surface area contributed by atoms with E-state index in [0.717, 1.165) is 12.2 Å². The van der Waals surface area contributed by atoms with Crippen LogP contribution in [0.1, 0.15) is 41.0 Å². The van der Waals surface area contributed by atoms with Crippen LogP contribution in [0, 0.1) is 0 Å². The summed E-state index contributed by atoms with van der Waals surface area (Å²) in [5, 5.41) is 10.8. The molecule has 21 heavy (non-hydrogen) atoms. The van der Waals surface area contributed by atoms with E-state index in [9.17, 15) is 4.79 Å². The minimum Gasteiger partial charge on any atom is -0.493 e. The first-order chi connectivity index (χ1) is 9.91. The Labute approximate surface area is 128 Å². The molecule has 0 aliphatic carbocycles. The van der Waals surface area contributed by atoms with Crippen molar-refractivity contribution < 1.29 is 14.6 Å². The van der Waals surface area contributed by atoms with Gasteiger partial charge < -0.3 is 20.9 Å². The number of nitrogens with one attached hydrogen (secondary N) is 1. The number of carbonyl (C=O) groups is 1. The van der Waals surface area contributed by atoms with E-state index in [1.54, 1.807) is 19.9 Å². The van der Waals surface area contributed by atoms with Gasteiger partial charge in [0.25, 0.3) is 0 Å². The second-order valence-electron chi connectivity index (χ2n) is 4.35. The van der Waals surface area contributed by atoms with Crippen molar-refractivity contribution in [1.29, 1.82) is 0 Å². The average Bonchev–Trinajstić information content (AvgIpc) is 2.40. The maximum absolute atomic E-state index is 10.6. The fraction of sp³-hybridized carbons (Fsp3) is 0.562. The van der Waals surface area contributed by atoms with Crippen molar-refractivity contribution in [3.8, 4) is 5.75 Å². The van der Waals surface area contributed by atoms with Crippen LogP contribution < -0.4 is 15.8 Å². The lowest BCUT2D eigenvalue weighted by Crippen LogP contribution is -2.22. The topological polar surface area (TPSA) is 84.6 Å². The molecule has 0 bridgehead atoms. The number of nitrogens with two attached hydrogens (primary N) is 1. The van der Waals surface area contributed by atoms with E-state index in [4.69, 9.17) is 15.6 Å². The second kappa shape index (κ2) is 14.7. The van der Waals surface area contributed by atoms with Gasteiger partial charge in [-0.05, 0) is 32.4 Å². The first kappa shape index (κ1) is 21.5. The van der Waals surface area contributed by atoms with Gasteiger partial charge in [0.05, 0.1) is 6.61 Å². The van der Waals surface area contributed by atoms with Gasteiger partial charge in [-0.15, -0.1) is 0 Å². The van der Waals surface area contributed by atoms with E-state index in [-0.39, 0.29) is 12.0 Å². The first-order valence-corrected chi connectivity index (χ1v) is 7.32. The number of anilines is 1. The van der Waals surface area contributed by atoms with Gasteiger partial charge in [0, 0.05) is 31.3 Å². The van der Waals surface area contributed by atoms with E-state index in [1.165, 1.54) is 6.92 Å². The van der Waals surface area contributed by atoms with Crippen LogP contribution >= 0.6 is 0 Å². The summed E-state index contributed by atoms with van der Waals surface area (Å²) in [5.41, 5.74) is 6.28. The van der Waals surface area contributed by atoms with E-state index in [1.807, 2.05) is 32.0 Å². The third-order valence-electron chi connectivity index (χ3n) is 1.82. The predicted molar refractivity (Wildman–Crippen MR) is 88.4 cm³/mol. The highest BCUT2D eigenvalue weighted by atomic mass is 16.5. The van der Waals surface area contributed by atoms with Crippen molar-refractivity contribution in [2.24, 2.45) is 0 Å².